The summed E-state index contributed by atoms with van der Waals surface area (Å²) in [6.45, 7) is 9.11. The normalized spacial score (nSPS) is 11.0. The van der Waals surface area contributed by atoms with Gasteiger partial charge in [-0.3, -0.25) is 9.69 Å². The molecule has 0 aromatic carbocycles. The molecule has 0 aliphatic carbocycles. The second-order valence-electron chi connectivity index (χ2n) is 4.73. The largest absolute Gasteiger partial charge is 0.465 e. The fourth-order valence-corrected chi connectivity index (χ4v) is 1.51. The first-order valence-corrected chi connectivity index (χ1v) is 7.78. The molecule has 0 amide bonds. The fourth-order valence-electron chi connectivity index (χ4n) is 1.51. The van der Waals surface area contributed by atoms with Gasteiger partial charge in [0.25, 0.3) is 0 Å². The van der Waals surface area contributed by atoms with Crippen LogP contribution in [0, 0.1) is 0 Å². The summed E-state index contributed by atoms with van der Waals surface area (Å²) in [4.78, 5) is 13.1. The highest BCUT2D eigenvalue weighted by Gasteiger charge is 2.06. The highest BCUT2D eigenvalue weighted by Crippen LogP contribution is 1.89. The van der Waals surface area contributed by atoms with Gasteiger partial charge in [0.15, 0.2) is 0 Å². The van der Waals surface area contributed by atoms with Crippen LogP contribution in [0.5, 0.6) is 0 Å². The van der Waals surface area contributed by atoms with E-state index in [2.05, 4.69) is 6.92 Å². The van der Waals surface area contributed by atoms with E-state index in [0.717, 1.165) is 19.4 Å². The summed E-state index contributed by atoms with van der Waals surface area (Å²) in [5.74, 6) is -0.202. The van der Waals surface area contributed by atoms with Gasteiger partial charge in [0.05, 0.1) is 46.2 Å². The summed E-state index contributed by atoms with van der Waals surface area (Å²) in [5.41, 5.74) is 0. The fraction of sp³-hybridized carbons (Fsp3) is 0.933. The monoisotopic (exact) mass is 305 g/mol. The van der Waals surface area contributed by atoms with Gasteiger partial charge in [-0.1, -0.05) is 13.3 Å². The molecular formula is C15H31NO5. The van der Waals surface area contributed by atoms with Crippen LogP contribution in [0.25, 0.3) is 0 Å². The van der Waals surface area contributed by atoms with Crippen LogP contribution in [0.15, 0.2) is 0 Å². The maximum atomic E-state index is 11.2. The molecule has 0 N–H and O–H groups in total. The Morgan fingerprint density at radius 3 is 2.05 bits per heavy atom. The molecule has 0 atom stereocenters. The Bertz CT molecular complexity index is 238. The number of unbranched alkanes of at least 4 members (excludes halogenated alkanes) is 1. The zero-order valence-electron chi connectivity index (χ0n) is 13.8. The average molecular weight is 305 g/mol. The van der Waals surface area contributed by atoms with Crippen LogP contribution in [0.1, 0.15) is 26.7 Å². The van der Waals surface area contributed by atoms with Crippen LogP contribution in [-0.4, -0.2) is 77.3 Å². The number of hydrogen-bond donors (Lipinski definition) is 0. The Hall–Kier alpha value is -0.690. The van der Waals surface area contributed by atoms with Gasteiger partial charge < -0.3 is 18.9 Å². The molecular weight excluding hydrogens is 274 g/mol. The van der Waals surface area contributed by atoms with Crippen molar-refractivity contribution in [3.63, 3.8) is 0 Å². The molecule has 0 aliphatic rings. The second kappa shape index (κ2) is 15.7. The highest BCUT2D eigenvalue weighted by molar-refractivity contribution is 5.71. The van der Waals surface area contributed by atoms with Crippen molar-refractivity contribution in [3.8, 4) is 0 Å². The molecule has 0 bridgehead atoms. The molecule has 0 rings (SSSR count). The third-order valence-corrected chi connectivity index (χ3v) is 2.71. The molecule has 0 aliphatic heterocycles. The average Bonchev–Trinajstić information content (AvgIpc) is 2.45. The molecule has 21 heavy (non-hydrogen) atoms. The molecule has 0 heterocycles. The second-order valence-corrected chi connectivity index (χ2v) is 4.73. The molecule has 126 valence electrons. The standard InChI is InChI=1S/C15H31NO5/c1-4-6-8-18-10-12-20-13-11-19-9-7-16(3)14-15(17)21-5-2/h4-14H2,1-3H3. The Labute approximate surface area is 128 Å². The molecule has 0 unspecified atom stereocenters. The van der Waals surface area contributed by atoms with Crippen molar-refractivity contribution in [3.05, 3.63) is 0 Å². The minimum absolute atomic E-state index is 0.202. The zero-order valence-corrected chi connectivity index (χ0v) is 13.8. The first-order valence-electron chi connectivity index (χ1n) is 7.78. The van der Waals surface area contributed by atoms with Crippen LogP contribution < -0.4 is 0 Å². The number of esters is 1. The van der Waals surface area contributed by atoms with Crippen LogP contribution in [0.3, 0.4) is 0 Å². The van der Waals surface area contributed by atoms with Gasteiger partial charge in [-0.05, 0) is 20.4 Å². The summed E-state index contributed by atoms with van der Waals surface area (Å²) >= 11 is 0. The van der Waals surface area contributed by atoms with E-state index in [0.29, 0.717) is 52.7 Å². The third kappa shape index (κ3) is 15.5. The number of carbonyl (C=O) groups is 1. The van der Waals surface area contributed by atoms with E-state index in [1.807, 2.05) is 11.9 Å². The van der Waals surface area contributed by atoms with E-state index >= 15 is 0 Å². The predicted octanol–water partition coefficient (Wildman–Crippen LogP) is 1.33. The van der Waals surface area contributed by atoms with E-state index in [9.17, 15) is 4.79 Å². The summed E-state index contributed by atoms with van der Waals surface area (Å²) in [5, 5.41) is 0. The molecule has 0 saturated heterocycles. The zero-order chi connectivity index (χ0) is 15.8. The topological polar surface area (TPSA) is 57.2 Å². The summed E-state index contributed by atoms with van der Waals surface area (Å²) < 4.78 is 21.1. The van der Waals surface area contributed by atoms with Crippen molar-refractivity contribution in [1.29, 1.82) is 0 Å². The van der Waals surface area contributed by atoms with Crippen LogP contribution in [0.2, 0.25) is 0 Å². The van der Waals surface area contributed by atoms with Crippen molar-refractivity contribution in [2.24, 2.45) is 0 Å². The van der Waals surface area contributed by atoms with Gasteiger partial charge in [0.2, 0.25) is 0 Å². The van der Waals surface area contributed by atoms with E-state index in [-0.39, 0.29) is 5.97 Å². The SMILES string of the molecule is CCCCOCCOCCOCCN(C)CC(=O)OCC. The van der Waals surface area contributed by atoms with Crippen LogP contribution in [0.4, 0.5) is 0 Å². The molecule has 0 spiro atoms. The van der Waals surface area contributed by atoms with Gasteiger partial charge >= 0.3 is 5.97 Å². The molecule has 0 aromatic rings. The van der Waals surface area contributed by atoms with Gasteiger partial charge in [0, 0.05) is 13.2 Å². The Kier molecular flexibility index (Phi) is 15.2. The number of ether oxygens (including phenoxy) is 4. The van der Waals surface area contributed by atoms with E-state index in [1.165, 1.54) is 0 Å². The molecule has 6 heteroatoms. The lowest BCUT2D eigenvalue weighted by Crippen LogP contribution is -2.30. The van der Waals surface area contributed by atoms with E-state index in [4.69, 9.17) is 18.9 Å². The van der Waals surface area contributed by atoms with Gasteiger partial charge in [-0.2, -0.15) is 0 Å². The predicted molar refractivity (Wildman–Crippen MR) is 81.5 cm³/mol. The lowest BCUT2D eigenvalue weighted by molar-refractivity contribution is -0.144. The van der Waals surface area contributed by atoms with Crippen LogP contribution in [-0.2, 0) is 23.7 Å². The molecule has 0 aromatic heterocycles. The molecule has 0 radical (unpaired) electrons. The first-order chi connectivity index (χ1) is 10.2. The van der Waals surface area contributed by atoms with Crippen LogP contribution >= 0.6 is 0 Å². The van der Waals surface area contributed by atoms with Crippen molar-refractivity contribution in [1.82, 2.24) is 4.90 Å². The number of hydrogen-bond acceptors (Lipinski definition) is 6. The molecule has 0 saturated carbocycles. The smallest absolute Gasteiger partial charge is 0.320 e. The number of likely N-dealkylation sites (N-methyl/N-ethyl adjacent to an activating group) is 1. The summed E-state index contributed by atoms with van der Waals surface area (Å²) in [6, 6.07) is 0. The number of nitrogens with zero attached hydrogens (tertiary/aromatic N) is 1. The van der Waals surface area contributed by atoms with Gasteiger partial charge in [0.1, 0.15) is 0 Å². The number of rotatable bonds is 15. The van der Waals surface area contributed by atoms with E-state index < -0.39 is 0 Å². The third-order valence-electron chi connectivity index (χ3n) is 2.71. The van der Waals surface area contributed by atoms with Crippen molar-refractivity contribution in [2.75, 3.05) is 66.4 Å². The van der Waals surface area contributed by atoms with Gasteiger partial charge in [-0.15, -0.1) is 0 Å². The minimum atomic E-state index is -0.202. The maximum absolute atomic E-state index is 11.2. The Morgan fingerprint density at radius 2 is 1.48 bits per heavy atom. The Balaban J connectivity index is 3.19. The highest BCUT2D eigenvalue weighted by atomic mass is 16.5. The maximum Gasteiger partial charge on any atom is 0.320 e. The lowest BCUT2D eigenvalue weighted by atomic mass is 10.4. The van der Waals surface area contributed by atoms with Crippen molar-refractivity contribution in [2.45, 2.75) is 26.7 Å². The Morgan fingerprint density at radius 1 is 0.905 bits per heavy atom. The molecule has 6 nitrogen and oxygen atoms in total. The summed E-state index contributed by atoms with van der Waals surface area (Å²) in [6.07, 6.45) is 2.25. The summed E-state index contributed by atoms with van der Waals surface area (Å²) in [7, 11) is 1.87. The van der Waals surface area contributed by atoms with Crippen molar-refractivity contribution < 1.29 is 23.7 Å². The van der Waals surface area contributed by atoms with Crippen molar-refractivity contribution >= 4 is 5.97 Å². The number of carbonyl (C=O) groups excluding carboxylic acids is 1. The quantitative estimate of drug-likeness (QED) is 0.336. The first kappa shape index (κ1) is 20.3. The lowest BCUT2D eigenvalue weighted by Gasteiger charge is -2.15. The van der Waals surface area contributed by atoms with Gasteiger partial charge in [-0.25, -0.2) is 0 Å². The molecule has 0 fully saturated rings. The minimum Gasteiger partial charge on any atom is -0.465 e. The van der Waals surface area contributed by atoms with E-state index in [1.54, 1.807) is 6.92 Å².